The molecule has 5 nitrogen and oxygen atoms in total. The second kappa shape index (κ2) is 5.44. The van der Waals surface area contributed by atoms with Crippen LogP contribution in [0.4, 0.5) is 5.95 Å². The predicted octanol–water partition coefficient (Wildman–Crippen LogP) is 1.50. The van der Waals surface area contributed by atoms with Crippen molar-refractivity contribution in [1.29, 1.82) is 0 Å². The topological polar surface area (TPSA) is 66.9 Å². The zero-order chi connectivity index (χ0) is 11.2. The van der Waals surface area contributed by atoms with Gasteiger partial charge < -0.3 is 0 Å². The van der Waals surface area contributed by atoms with Crippen molar-refractivity contribution < 1.29 is 4.79 Å². The molecule has 1 fully saturated rings. The van der Waals surface area contributed by atoms with E-state index in [0.29, 0.717) is 18.3 Å². The van der Waals surface area contributed by atoms with Gasteiger partial charge in [-0.15, -0.1) is 0 Å². The molecule has 2 rings (SSSR count). The molecule has 16 heavy (non-hydrogen) atoms. The first-order valence-electron chi connectivity index (χ1n) is 5.66. The molecule has 1 aromatic heterocycles. The lowest BCUT2D eigenvalue weighted by atomic mass is 10.0. The van der Waals surface area contributed by atoms with Crippen LogP contribution in [0.25, 0.3) is 0 Å². The van der Waals surface area contributed by atoms with E-state index in [4.69, 9.17) is 0 Å². The van der Waals surface area contributed by atoms with Gasteiger partial charge >= 0.3 is 0 Å². The van der Waals surface area contributed by atoms with E-state index in [1.54, 1.807) is 18.5 Å². The SMILES string of the molecule is O=C(CC1CCCC1)NNc1ncccn1. The van der Waals surface area contributed by atoms with Gasteiger partial charge in [0.05, 0.1) is 0 Å². The van der Waals surface area contributed by atoms with Crippen molar-refractivity contribution in [1.82, 2.24) is 15.4 Å². The minimum absolute atomic E-state index is 0.0133. The maximum Gasteiger partial charge on any atom is 0.241 e. The van der Waals surface area contributed by atoms with Gasteiger partial charge in [-0.1, -0.05) is 12.8 Å². The summed E-state index contributed by atoms with van der Waals surface area (Å²) in [5, 5.41) is 0. The molecule has 0 saturated heterocycles. The molecule has 1 aromatic rings. The second-order valence-electron chi connectivity index (χ2n) is 4.10. The Morgan fingerprint density at radius 3 is 2.69 bits per heavy atom. The third kappa shape index (κ3) is 3.18. The molecule has 2 N–H and O–H groups in total. The average molecular weight is 220 g/mol. The van der Waals surface area contributed by atoms with Gasteiger partial charge in [0.25, 0.3) is 0 Å². The summed E-state index contributed by atoms with van der Waals surface area (Å²) in [5.41, 5.74) is 5.31. The Kier molecular flexibility index (Phi) is 3.69. The number of carbonyl (C=O) groups excluding carboxylic acids is 1. The van der Waals surface area contributed by atoms with Crippen LogP contribution in [-0.2, 0) is 4.79 Å². The molecule has 86 valence electrons. The molecule has 0 atom stereocenters. The van der Waals surface area contributed by atoms with E-state index < -0.39 is 0 Å². The third-order valence-electron chi connectivity index (χ3n) is 2.83. The van der Waals surface area contributed by atoms with Crippen molar-refractivity contribution in [2.24, 2.45) is 5.92 Å². The molecule has 0 unspecified atom stereocenters. The first-order valence-corrected chi connectivity index (χ1v) is 5.66. The minimum Gasteiger partial charge on any atom is -0.273 e. The molecular formula is C11H16N4O. The molecule has 0 spiro atoms. The van der Waals surface area contributed by atoms with Crippen LogP contribution < -0.4 is 10.9 Å². The fraction of sp³-hybridized carbons (Fsp3) is 0.545. The number of nitrogens with zero attached hydrogens (tertiary/aromatic N) is 2. The van der Waals surface area contributed by atoms with Crippen molar-refractivity contribution in [3.63, 3.8) is 0 Å². The van der Waals surface area contributed by atoms with Crippen LogP contribution in [0.1, 0.15) is 32.1 Å². The number of anilines is 1. The highest BCUT2D eigenvalue weighted by Crippen LogP contribution is 2.27. The summed E-state index contributed by atoms with van der Waals surface area (Å²) in [6, 6.07) is 1.73. The maximum absolute atomic E-state index is 11.5. The smallest absolute Gasteiger partial charge is 0.241 e. The lowest BCUT2D eigenvalue weighted by Gasteiger charge is -2.09. The number of rotatable bonds is 4. The lowest BCUT2D eigenvalue weighted by Crippen LogP contribution is -2.31. The molecule has 0 aromatic carbocycles. The zero-order valence-electron chi connectivity index (χ0n) is 9.15. The zero-order valence-corrected chi connectivity index (χ0v) is 9.15. The number of carbonyl (C=O) groups is 1. The van der Waals surface area contributed by atoms with Gasteiger partial charge in [-0.3, -0.25) is 15.6 Å². The van der Waals surface area contributed by atoms with E-state index in [1.165, 1.54) is 25.7 Å². The molecule has 1 heterocycles. The van der Waals surface area contributed by atoms with Gasteiger partial charge in [0, 0.05) is 18.8 Å². The van der Waals surface area contributed by atoms with E-state index in [1.807, 2.05) is 0 Å². The fourth-order valence-corrected chi connectivity index (χ4v) is 2.02. The van der Waals surface area contributed by atoms with E-state index in [-0.39, 0.29) is 5.91 Å². The Morgan fingerprint density at radius 2 is 2.00 bits per heavy atom. The summed E-state index contributed by atoms with van der Waals surface area (Å²) in [6.45, 7) is 0. The third-order valence-corrected chi connectivity index (χ3v) is 2.83. The van der Waals surface area contributed by atoms with Gasteiger partial charge in [-0.25, -0.2) is 9.97 Å². The molecular weight excluding hydrogens is 204 g/mol. The van der Waals surface area contributed by atoms with Gasteiger partial charge in [-0.05, 0) is 24.8 Å². The molecule has 0 radical (unpaired) electrons. The Balaban J connectivity index is 1.71. The maximum atomic E-state index is 11.5. The molecule has 1 aliphatic carbocycles. The summed E-state index contributed by atoms with van der Waals surface area (Å²) >= 11 is 0. The highest BCUT2D eigenvalue weighted by atomic mass is 16.2. The quantitative estimate of drug-likeness (QED) is 0.755. The largest absolute Gasteiger partial charge is 0.273 e. The lowest BCUT2D eigenvalue weighted by molar-refractivity contribution is -0.121. The minimum atomic E-state index is 0.0133. The molecule has 0 aliphatic heterocycles. The summed E-state index contributed by atoms with van der Waals surface area (Å²) < 4.78 is 0. The van der Waals surface area contributed by atoms with Crippen molar-refractivity contribution >= 4 is 11.9 Å². The Hall–Kier alpha value is -1.65. The van der Waals surface area contributed by atoms with E-state index in [9.17, 15) is 4.79 Å². The van der Waals surface area contributed by atoms with Crippen molar-refractivity contribution in [3.05, 3.63) is 18.5 Å². The summed E-state index contributed by atoms with van der Waals surface area (Å²) in [4.78, 5) is 19.4. The highest BCUT2D eigenvalue weighted by molar-refractivity contribution is 5.77. The van der Waals surface area contributed by atoms with Crippen LogP contribution in [0.15, 0.2) is 18.5 Å². The molecule has 5 heteroatoms. The average Bonchev–Trinajstić information content (AvgIpc) is 2.81. The van der Waals surface area contributed by atoms with Gasteiger partial charge in [-0.2, -0.15) is 0 Å². The number of amides is 1. The van der Waals surface area contributed by atoms with Crippen LogP contribution in [-0.4, -0.2) is 15.9 Å². The predicted molar refractivity (Wildman–Crippen MR) is 60.4 cm³/mol. The molecule has 0 bridgehead atoms. The number of hydrazine groups is 1. The molecule has 1 aliphatic rings. The van der Waals surface area contributed by atoms with Crippen LogP contribution >= 0.6 is 0 Å². The Bertz CT molecular complexity index is 335. The van der Waals surface area contributed by atoms with Crippen LogP contribution in [0.3, 0.4) is 0 Å². The van der Waals surface area contributed by atoms with Gasteiger partial charge in [0.1, 0.15) is 0 Å². The molecule has 1 saturated carbocycles. The molecule has 1 amide bonds. The summed E-state index contributed by atoms with van der Waals surface area (Å²) in [7, 11) is 0. The number of nitrogens with one attached hydrogen (secondary N) is 2. The first kappa shape index (κ1) is 10.9. The normalized spacial score (nSPS) is 16.0. The van der Waals surface area contributed by atoms with Crippen LogP contribution in [0.5, 0.6) is 0 Å². The van der Waals surface area contributed by atoms with Gasteiger partial charge in [0.15, 0.2) is 0 Å². The second-order valence-corrected chi connectivity index (χ2v) is 4.10. The first-order chi connectivity index (χ1) is 7.84. The Labute approximate surface area is 94.7 Å². The van der Waals surface area contributed by atoms with Crippen molar-refractivity contribution in [3.8, 4) is 0 Å². The standard InChI is InChI=1S/C11H16N4O/c16-10(8-9-4-1-2-5-9)14-15-11-12-6-3-7-13-11/h3,6-7,9H,1-2,4-5,8H2,(H,14,16)(H,12,13,15). The van der Waals surface area contributed by atoms with Gasteiger partial charge in [0.2, 0.25) is 11.9 Å². The van der Waals surface area contributed by atoms with E-state index in [0.717, 1.165) is 0 Å². The van der Waals surface area contributed by atoms with Crippen molar-refractivity contribution in [2.45, 2.75) is 32.1 Å². The van der Waals surface area contributed by atoms with E-state index >= 15 is 0 Å². The summed E-state index contributed by atoms with van der Waals surface area (Å²) in [5.74, 6) is 0.986. The number of hydrogen-bond donors (Lipinski definition) is 2. The fourth-order valence-electron chi connectivity index (χ4n) is 2.02. The van der Waals surface area contributed by atoms with Crippen LogP contribution in [0, 0.1) is 5.92 Å². The number of hydrogen-bond acceptors (Lipinski definition) is 4. The van der Waals surface area contributed by atoms with Crippen LogP contribution in [0.2, 0.25) is 0 Å². The van der Waals surface area contributed by atoms with Crippen molar-refractivity contribution in [2.75, 3.05) is 5.43 Å². The number of aromatic nitrogens is 2. The summed E-state index contributed by atoms with van der Waals surface area (Å²) in [6.07, 6.45) is 8.71. The monoisotopic (exact) mass is 220 g/mol. The Morgan fingerprint density at radius 1 is 1.31 bits per heavy atom. The van der Waals surface area contributed by atoms with E-state index in [2.05, 4.69) is 20.8 Å². The highest BCUT2D eigenvalue weighted by Gasteiger charge is 2.18.